The number of rotatable bonds is 8. The molecule has 0 bridgehead atoms. The molecule has 8 nitrogen and oxygen atoms in total. The third kappa shape index (κ3) is 31.6. The van der Waals surface area contributed by atoms with Gasteiger partial charge in [-0.15, -0.1) is 0 Å². The SMILES string of the molecule is O=C(O)CCCC(=O)O.O=C(O)CCCC(=O)O.[Lu]. The van der Waals surface area contributed by atoms with Gasteiger partial charge < -0.3 is 20.4 Å². The Balaban J connectivity index is -0.000000256. The summed E-state index contributed by atoms with van der Waals surface area (Å²) >= 11 is 0. The van der Waals surface area contributed by atoms with Crippen molar-refractivity contribution in [2.24, 2.45) is 0 Å². The van der Waals surface area contributed by atoms with Crippen LogP contribution in [0.3, 0.4) is 0 Å². The quantitative estimate of drug-likeness (QED) is 0.431. The van der Waals surface area contributed by atoms with Crippen LogP contribution in [0.5, 0.6) is 0 Å². The van der Waals surface area contributed by atoms with Gasteiger partial charge in [-0.05, 0) is 12.8 Å². The van der Waals surface area contributed by atoms with Crippen LogP contribution in [0.25, 0.3) is 0 Å². The minimum Gasteiger partial charge on any atom is -0.481 e. The van der Waals surface area contributed by atoms with Crippen LogP contribution in [0.2, 0.25) is 0 Å². The maximum absolute atomic E-state index is 9.79. The Morgan fingerprint density at radius 1 is 0.526 bits per heavy atom. The van der Waals surface area contributed by atoms with Gasteiger partial charge in [0.25, 0.3) is 0 Å². The van der Waals surface area contributed by atoms with E-state index in [0.717, 1.165) is 0 Å². The van der Waals surface area contributed by atoms with Crippen LogP contribution in [0.1, 0.15) is 38.5 Å². The van der Waals surface area contributed by atoms with Gasteiger partial charge in [0.2, 0.25) is 0 Å². The number of aliphatic carboxylic acids is 4. The number of hydrogen-bond donors (Lipinski definition) is 4. The van der Waals surface area contributed by atoms with Crippen molar-refractivity contribution in [3.05, 3.63) is 0 Å². The second kappa shape index (κ2) is 15.2. The van der Waals surface area contributed by atoms with E-state index in [0.29, 0.717) is 0 Å². The molecule has 119 valence electrons. The van der Waals surface area contributed by atoms with Gasteiger partial charge in [-0.3, -0.25) is 19.2 Å². The van der Waals surface area contributed by atoms with Crippen LogP contribution in [0.15, 0.2) is 0 Å². The van der Waals surface area contributed by atoms with Crippen molar-refractivity contribution in [1.29, 1.82) is 0 Å². The van der Waals surface area contributed by atoms with Gasteiger partial charge in [0, 0.05) is 62.6 Å². The maximum Gasteiger partial charge on any atom is 0.303 e. The first-order valence-corrected chi connectivity index (χ1v) is 5.13. The maximum atomic E-state index is 9.79. The number of hydrogen-bond acceptors (Lipinski definition) is 4. The Hall–Kier alpha value is -0.886. The summed E-state index contributed by atoms with van der Waals surface area (Å²) < 4.78 is 0. The summed E-state index contributed by atoms with van der Waals surface area (Å²) in [6.45, 7) is 0. The van der Waals surface area contributed by atoms with Crippen LogP contribution in [0.4, 0.5) is 0 Å². The second-order valence-corrected chi connectivity index (χ2v) is 3.28. The fourth-order valence-corrected chi connectivity index (χ4v) is 0.782. The standard InChI is InChI=1S/2C5H8O4.Lu/c2*6-4(7)2-1-3-5(8)9;/h2*1-3H2,(H,6,7)(H,8,9);. The molecular formula is C10H16LuO8. The van der Waals surface area contributed by atoms with Gasteiger partial charge in [0.05, 0.1) is 0 Å². The zero-order valence-corrected chi connectivity index (χ0v) is 11.6. The molecule has 0 saturated carbocycles. The van der Waals surface area contributed by atoms with Gasteiger partial charge in [-0.25, -0.2) is 0 Å². The Kier molecular flexibility index (Phi) is 18.5. The molecule has 0 aliphatic carbocycles. The van der Waals surface area contributed by atoms with Crippen LogP contribution >= 0.6 is 0 Å². The summed E-state index contributed by atoms with van der Waals surface area (Å²) in [6.07, 6.45) is 0.173. The van der Waals surface area contributed by atoms with E-state index in [1.807, 2.05) is 0 Å². The van der Waals surface area contributed by atoms with Crippen molar-refractivity contribution >= 4 is 23.9 Å². The Morgan fingerprint density at radius 2 is 0.684 bits per heavy atom. The molecule has 0 heterocycles. The molecule has 0 aromatic carbocycles. The molecular weight excluding hydrogens is 423 g/mol. The summed E-state index contributed by atoms with van der Waals surface area (Å²) in [5, 5.41) is 32.1. The molecule has 0 aliphatic rings. The predicted octanol–water partition coefficient (Wildman–Crippen LogP) is 0.652. The molecule has 9 heteroatoms. The van der Waals surface area contributed by atoms with E-state index in [1.54, 1.807) is 0 Å². The van der Waals surface area contributed by atoms with Crippen molar-refractivity contribution in [1.82, 2.24) is 0 Å². The summed E-state index contributed by atoms with van der Waals surface area (Å²) in [4.78, 5) is 39.2. The largest absolute Gasteiger partial charge is 0.481 e. The average Bonchev–Trinajstić information content (AvgIpc) is 2.15. The van der Waals surface area contributed by atoms with E-state index < -0.39 is 23.9 Å². The molecule has 19 heavy (non-hydrogen) atoms. The third-order valence-corrected chi connectivity index (χ3v) is 1.56. The van der Waals surface area contributed by atoms with Gasteiger partial charge >= 0.3 is 23.9 Å². The van der Waals surface area contributed by atoms with Gasteiger partial charge in [-0.1, -0.05) is 0 Å². The van der Waals surface area contributed by atoms with E-state index in [1.165, 1.54) is 0 Å². The van der Waals surface area contributed by atoms with Gasteiger partial charge in [-0.2, -0.15) is 0 Å². The average molecular weight is 439 g/mol. The molecule has 0 unspecified atom stereocenters. The van der Waals surface area contributed by atoms with Crippen molar-refractivity contribution in [3.8, 4) is 0 Å². The first-order chi connectivity index (χ1) is 8.25. The van der Waals surface area contributed by atoms with E-state index in [4.69, 9.17) is 20.4 Å². The fraction of sp³-hybridized carbons (Fsp3) is 0.600. The molecule has 0 fully saturated rings. The minimum atomic E-state index is -0.948. The van der Waals surface area contributed by atoms with Crippen molar-refractivity contribution in [2.75, 3.05) is 0 Å². The molecule has 0 rings (SSSR count). The van der Waals surface area contributed by atoms with Crippen molar-refractivity contribution in [2.45, 2.75) is 38.5 Å². The fourth-order valence-electron chi connectivity index (χ4n) is 0.782. The van der Waals surface area contributed by atoms with Crippen molar-refractivity contribution in [3.63, 3.8) is 0 Å². The molecule has 0 atom stereocenters. The molecule has 0 amide bonds. The van der Waals surface area contributed by atoms with E-state index in [2.05, 4.69) is 0 Å². The van der Waals surface area contributed by atoms with Gasteiger partial charge in [0.1, 0.15) is 0 Å². The molecule has 0 aromatic heterocycles. The number of carboxylic acids is 4. The smallest absolute Gasteiger partial charge is 0.303 e. The molecule has 4 N–H and O–H groups in total. The number of carboxylic acid groups (broad SMARTS) is 4. The number of carbonyl (C=O) groups is 4. The van der Waals surface area contributed by atoms with Crippen LogP contribution in [0, 0.1) is 36.9 Å². The van der Waals surface area contributed by atoms with E-state index in [-0.39, 0.29) is 75.4 Å². The topological polar surface area (TPSA) is 149 Å². The normalized spacial score (nSPS) is 8.42. The molecule has 0 spiro atoms. The first-order valence-electron chi connectivity index (χ1n) is 5.13. The van der Waals surface area contributed by atoms with Crippen molar-refractivity contribution < 1.29 is 76.5 Å². The summed E-state index contributed by atoms with van der Waals surface area (Å²) in [6, 6.07) is 0. The monoisotopic (exact) mass is 439 g/mol. The molecule has 0 aromatic rings. The summed E-state index contributed by atoms with van der Waals surface area (Å²) in [5.41, 5.74) is 0. The first kappa shape index (κ1) is 23.2. The second-order valence-electron chi connectivity index (χ2n) is 3.28. The van der Waals surface area contributed by atoms with Crippen LogP contribution < -0.4 is 0 Å². The Bertz CT molecular complexity index is 244. The zero-order chi connectivity index (χ0) is 14.6. The summed E-state index contributed by atoms with van der Waals surface area (Å²) in [7, 11) is 0. The van der Waals surface area contributed by atoms with E-state index in [9.17, 15) is 19.2 Å². The Labute approximate surface area is 138 Å². The predicted molar refractivity (Wildman–Crippen MR) is 58.2 cm³/mol. The molecule has 1 radical (unpaired) electrons. The summed E-state index contributed by atoms with van der Waals surface area (Å²) in [5.74, 6) is -3.79. The van der Waals surface area contributed by atoms with Crippen LogP contribution in [-0.2, 0) is 19.2 Å². The molecule has 0 aliphatic heterocycles. The third-order valence-electron chi connectivity index (χ3n) is 1.56. The zero-order valence-electron chi connectivity index (χ0n) is 9.92. The van der Waals surface area contributed by atoms with E-state index >= 15 is 0 Å². The minimum absolute atomic E-state index is 0. The molecule has 0 saturated heterocycles. The Morgan fingerprint density at radius 3 is 0.789 bits per heavy atom. The van der Waals surface area contributed by atoms with Crippen LogP contribution in [-0.4, -0.2) is 44.3 Å². The van der Waals surface area contributed by atoms with Gasteiger partial charge in [0.15, 0.2) is 0 Å².